The lowest BCUT2D eigenvalue weighted by molar-refractivity contribution is -0.159. The van der Waals surface area contributed by atoms with E-state index in [1.165, 1.54) is 6.92 Å². The van der Waals surface area contributed by atoms with E-state index >= 15 is 0 Å². The fourth-order valence-corrected chi connectivity index (χ4v) is 2.62. The number of hydrogen-bond acceptors (Lipinski definition) is 8. The van der Waals surface area contributed by atoms with E-state index in [2.05, 4.69) is 5.32 Å². The summed E-state index contributed by atoms with van der Waals surface area (Å²) >= 11 is 0. The standard InChI is InChI=1S/C15H21N3O8/c1-6(17)8(19)2-15(14(25)26,4-10(21)22)3-9(20)11-12(23)7(5-16)18-13(11)24/h6-7,23H,2-5,16-17H2,1H3,(H,18,24)(H,21,22)(H,25,26)/t6-,7-,15?/m0/s1. The number of carboxylic acids is 2. The van der Waals surface area contributed by atoms with Gasteiger partial charge in [0, 0.05) is 19.4 Å². The summed E-state index contributed by atoms with van der Waals surface area (Å²) in [6.07, 6.45) is -2.83. The number of nitrogens with two attached hydrogens (primary N) is 2. The molecular weight excluding hydrogens is 350 g/mol. The zero-order valence-corrected chi connectivity index (χ0v) is 14.0. The first-order valence-electron chi connectivity index (χ1n) is 7.66. The van der Waals surface area contributed by atoms with E-state index in [1.54, 1.807) is 0 Å². The lowest BCUT2D eigenvalue weighted by Gasteiger charge is -2.27. The van der Waals surface area contributed by atoms with Crippen LogP contribution in [0.5, 0.6) is 0 Å². The van der Waals surface area contributed by atoms with Gasteiger partial charge < -0.3 is 32.1 Å². The monoisotopic (exact) mass is 371 g/mol. The van der Waals surface area contributed by atoms with E-state index in [1.807, 2.05) is 0 Å². The van der Waals surface area contributed by atoms with Crippen LogP contribution in [-0.2, 0) is 24.0 Å². The molecule has 0 aromatic rings. The van der Waals surface area contributed by atoms with Crippen molar-refractivity contribution in [3.05, 3.63) is 11.3 Å². The van der Waals surface area contributed by atoms with Crippen molar-refractivity contribution in [1.82, 2.24) is 5.32 Å². The average molecular weight is 371 g/mol. The summed E-state index contributed by atoms with van der Waals surface area (Å²) in [7, 11) is 0. The maximum Gasteiger partial charge on any atom is 0.311 e. The van der Waals surface area contributed by atoms with E-state index in [4.69, 9.17) is 16.6 Å². The minimum Gasteiger partial charge on any atom is -0.509 e. The Morgan fingerprint density at radius 3 is 2.15 bits per heavy atom. The third-order valence-corrected chi connectivity index (χ3v) is 4.10. The minimum absolute atomic E-state index is 0.198. The molecule has 1 unspecified atom stereocenters. The van der Waals surface area contributed by atoms with E-state index in [9.17, 15) is 34.2 Å². The number of aliphatic hydroxyl groups is 1. The summed E-state index contributed by atoms with van der Waals surface area (Å²) in [5.74, 6) is -6.69. The highest BCUT2D eigenvalue weighted by Crippen LogP contribution is 2.35. The van der Waals surface area contributed by atoms with Gasteiger partial charge in [-0.25, -0.2) is 0 Å². The highest BCUT2D eigenvalue weighted by molar-refractivity contribution is 6.22. The second-order valence-electron chi connectivity index (χ2n) is 6.21. The van der Waals surface area contributed by atoms with Crippen LogP contribution in [0.1, 0.15) is 26.2 Å². The Labute approximate surface area is 148 Å². The first kappa shape index (κ1) is 21.3. The van der Waals surface area contributed by atoms with Crippen LogP contribution in [-0.4, -0.2) is 63.4 Å². The van der Waals surface area contributed by atoms with Crippen molar-refractivity contribution in [2.24, 2.45) is 16.9 Å². The van der Waals surface area contributed by atoms with Crippen LogP contribution in [0, 0.1) is 5.41 Å². The van der Waals surface area contributed by atoms with Gasteiger partial charge in [0.25, 0.3) is 5.91 Å². The molecule has 8 N–H and O–H groups in total. The number of rotatable bonds is 10. The molecule has 11 heteroatoms. The number of aliphatic carboxylic acids is 2. The number of hydrogen-bond donors (Lipinski definition) is 6. The van der Waals surface area contributed by atoms with Gasteiger partial charge in [-0.05, 0) is 6.92 Å². The fourth-order valence-electron chi connectivity index (χ4n) is 2.62. The molecule has 1 rings (SSSR count). The van der Waals surface area contributed by atoms with Gasteiger partial charge in [-0.15, -0.1) is 0 Å². The number of carbonyl (C=O) groups excluding carboxylic acids is 3. The van der Waals surface area contributed by atoms with Gasteiger partial charge in [-0.2, -0.15) is 0 Å². The molecule has 1 aliphatic rings. The molecule has 0 bridgehead atoms. The number of aliphatic hydroxyl groups excluding tert-OH is 1. The molecule has 0 fully saturated rings. The smallest absolute Gasteiger partial charge is 0.311 e. The summed E-state index contributed by atoms with van der Waals surface area (Å²) < 4.78 is 0. The molecule has 1 heterocycles. The molecular formula is C15H21N3O8. The van der Waals surface area contributed by atoms with Crippen LogP contribution < -0.4 is 16.8 Å². The molecule has 1 amide bonds. The van der Waals surface area contributed by atoms with Gasteiger partial charge in [0.05, 0.1) is 23.9 Å². The number of carbonyl (C=O) groups is 5. The van der Waals surface area contributed by atoms with Crippen LogP contribution in [0.2, 0.25) is 0 Å². The van der Waals surface area contributed by atoms with Crippen LogP contribution in [0.15, 0.2) is 11.3 Å². The zero-order valence-electron chi connectivity index (χ0n) is 14.0. The van der Waals surface area contributed by atoms with E-state index in [0.29, 0.717) is 0 Å². The van der Waals surface area contributed by atoms with Crippen molar-refractivity contribution >= 4 is 29.4 Å². The predicted molar refractivity (Wildman–Crippen MR) is 85.9 cm³/mol. The zero-order chi connectivity index (χ0) is 20.2. The van der Waals surface area contributed by atoms with Crippen molar-refractivity contribution in [1.29, 1.82) is 0 Å². The Morgan fingerprint density at radius 1 is 1.19 bits per heavy atom. The SMILES string of the molecule is C[C@H](N)C(=O)CC(CC(=O)O)(CC(=O)C1=C(O)[C@H](CN)NC1=O)C(=O)O. The van der Waals surface area contributed by atoms with Crippen LogP contribution in [0.25, 0.3) is 0 Å². The number of carboxylic acid groups (broad SMARTS) is 2. The molecule has 26 heavy (non-hydrogen) atoms. The molecule has 0 aromatic carbocycles. The largest absolute Gasteiger partial charge is 0.509 e. The topological polar surface area (TPSA) is 210 Å². The highest BCUT2D eigenvalue weighted by atomic mass is 16.4. The molecule has 1 aliphatic heterocycles. The van der Waals surface area contributed by atoms with Gasteiger partial charge in [0.1, 0.15) is 17.1 Å². The highest BCUT2D eigenvalue weighted by Gasteiger charge is 2.47. The summed E-state index contributed by atoms with van der Waals surface area (Å²) in [4.78, 5) is 59.1. The van der Waals surface area contributed by atoms with Crippen molar-refractivity contribution < 1.29 is 39.3 Å². The first-order valence-corrected chi connectivity index (χ1v) is 7.66. The van der Waals surface area contributed by atoms with Crippen LogP contribution in [0.4, 0.5) is 0 Å². The second kappa shape index (κ2) is 8.06. The van der Waals surface area contributed by atoms with Gasteiger partial charge in [-0.3, -0.25) is 24.0 Å². The molecule has 0 saturated carbocycles. The number of Topliss-reactive ketones (excluding diaryl/α,β-unsaturated/α-hetero) is 2. The molecule has 0 radical (unpaired) electrons. The second-order valence-corrected chi connectivity index (χ2v) is 6.21. The Bertz CT molecular complexity index is 684. The van der Waals surface area contributed by atoms with Gasteiger partial charge in [0.2, 0.25) is 0 Å². The fraction of sp³-hybridized carbons (Fsp3) is 0.533. The van der Waals surface area contributed by atoms with Gasteiger partial charge >= 0.3 is 11.9 Å². The molecule has 3 atom stereocenters. The minimum atomic E-state index is -2.30. The number of ketones is 2. The lowest BCUT2D eigenvalue weighted by atomic mass is 9.74. The Kier molecular flexibility index (Phi) is 6.59. The lowest BCUT2D eigenvalue weighted by Crippen LogP contribution is -2.42. The third kappa shape index (κ3) is 4.43. The van der Waals surface area contributed by atoms with E-state index in [0.717, 1.165) is 0 Å². The molecule has 144 valence electrons. The van der Waals surface area contributed by atoms with Crippen molar-refractivity contribution in [3.63, 3.8) is 0 Å². The summed E-state index contributed by atoms with van der Waals surface area (Å²) in [6, 6.07) is -2.06. The normalized spacial score (nSPS) is 20.3. The molecule has 0 aliphatic carbocycles. The number of amides is 1. The molecule has 0 spiro atoms. The van der Waals surface area contributed by atoms with E-state index < -0.39 is 77.5 Å². The Morgan fingerprint density at radius 2 is 1.77 bits per heavy atom. The summed E-state index contributed by atoms with van der Waals surface area (Å²) in [5, 5.41) is 30.7. The first-order chi connectivity index (χ1) is 11.9. The van der Waals surface area contributed by atoms with Crippen LogP contribution in [0.3, 0.4) is 0 Å². The predicted octanol–water partition coefficient (Wildman–Crippen LogP) is -1.93. The third-order valence-electron chi connectivity index (χ3n) is 4.10. The van der Waals surface area contributed by atoms with Gasteiger partial charge in [-0.1, -0.05) is 0 Å². The molecule has 0 saturated heterocycles. The van der Waals surface area contributed by atoms with Gasteiger partial charge in [0.15, 0.2) is 5.78 Å². The van der Waals surface area contributed by atoms with Crippen molar-refractivity contribution in [2.75, 3.05) is 6.54 Å². The van der Waals surface area contributed by atoms with Crippen molar-refractivity contribution in [2.45, 2.75) is 38.3 Å². The summed E-state index contributed by atoms with van der Waals surface area (Å²) in [5.41, 5.74) is 7.75. The Balaban J connectivity index is 3.27. The van der Waals surface area contributed by atoms with E-state index in [-0.39, 0.29) is 6.54 Å². The maximum absolute atomic E-state index is 12.5. The van der Waals surface area contributed by atoms with Crippen LogP contribution >= 0.6 is 0 Å². The van der Waals surface area contributed by atoms with Crippen molar-refractivity contribution in [3.8, 4) is 0 Å². The molecule has 11 nitrogen and oxygen atoms in total. The summed E-state index contributed by atoms with van der Waals surface area (Å²) in [6.45, 7) is 1.10. The maximum atomic E-state index is 12.5. The quantitative estimate of drug-likeness (QED) is 0.234. The Hall–Kier alpha value is -2.79. The average Bonchev–Trinajstić information content (AvgIpc) is 2.80. The number of nitrogens with one attached hydrogen (secondary N) is 1. The molecule has 0 aromatic heterocycles.